The van der Waals surface area contributed by atoms with E-state index < -0.39 is 11.7 Å². The van der Waals surface area contributed by atoms with Gasteiger partial charge in [0.25, 0.3) is 11.7 Å². The molecule has 0 radical (unpaired) electrons. The molecule has 1 aromatic carbocycles. The third kappa shape index (κ3) is 2.44. The molecule has 1 aromatic rings. The van der Waals surface area contributed by atoms with Gasteiger partial charge in [-0.15, -0.1) is 0 Å². The van der Waals surface area contributed by atoms with E-state index in [0.717, 1.165) is 11.1 Å². The first kappa shape index (κ1) is 15.2. The third-order valence-electron chi connectivity index (χ3n) is 4.12. The summed E-state index contributed by atoms with van der Waals surface area (Å²) in [6.07, 6.45) is 0. The molecule has 0 aromatic heterocycles. The van der Waals surface area contributed by atoms with Crippen LogP contribution in [-0.2, 0) is 9.59 Å². The Hall–Kier alpha value is -2.17. The van der Waals surface area contributed by atoms with Crippen LogP contribution in [0, 0.1) is 13.8 Å². The van der Waals surface area contributed by atoms with E-state index in [1.54, 1.807) is 18.0 Å². The van der Waals surface area contributed by atoms with E-state index in [1.807, 2.05) is 33.8 Å². The molecule has 0 saturated carbocycles. The van der Waals surface area contributed by atoms with Crippen molar-refractivity contribution in [3.8, 4) is 0 Å². The molecule has 21 heavy (non-hydrogen) atoms. The first-order chi connectivity index (χ1) is 9.75. The van der Waals surface area contributed by atoms with Gasteiger partial charge in [0, 0.05) is 13.1 Å². The number of fused-ring (bicyclic) bond motifs is 1. The number of nitrogens with zero attached hydrogens (tertiary/aromatic N) is 2. The molecule has 0 spiro atoms. The molecular weight excluding hydrogens is 268 g/mol. The van der Waals surface area contributed by atoms with Crippen molar-refractivity contribution in [2.45, 2.75) is 33.7 Å². The van der Waals surface area contributed by atoms with Crippen molar-refractivity contribution in [2.75, 3.05) is 18.5 Å². The molecule has 1 aliphatic rings. The fourth-order valence-corrected chi connectivity index (χ4v) is 2.36. The molecule has 0 bridgehead atoms. The number of carbonyl (C=O) groups is 3. The normalized spacial score (nSPS) is 13.9. The van der Waals surface area contributed by atoms with Crippen LogP contribution in [0.3, 0.4) is 0 Å². The summed E-state index contributed by atoms with van der Waals surface area (Å²) in [7, 11) is 1.69. The molecule has 5 heteroatoms. The van der Waals surface area contributed by atoms with Crippen molar-refractivity contribution in [3.63, 3.8) is 0 Å². The fraction of sp³-hybridized carbons (Fsp3) is 0.438. The summed E-state index contributed by atoms with van der Waals surface area (Å²) in [5.41, 5.74) is 2.83. The van der Waals surface area contributed by atoms with Gasteiger partial charge in [0.2, 0.25) is 5.91 Å². The average molecular weight is 288 g/mol. The number of rotatable bonds is 3. The van der Waals surface area contributed by atoms with Crippen molar-refractivity contribution < 1.29 is 14.4 Å². The lowest BCUT2D eigenvalue weighted by atomic mass is 10.0. The zero-order chi connectivity index (χ0) is 15.9. The third-order valence-corrected chi connectivity index (χ3v) is 4.12. The second kappa shape index (κ2) is 5.31. The summed E-state index contributed by atoms with van der Waals surface area (Å²) >= 11 is 0. The number of likely N-dealkylation sites (N-methyl/N-ethyl adjacent to an activating group) is 1. The fourth-order valence-electron chi connectivity index (χ4n) is 2.36. The lowest BCUT2D eigenvalue weighted by Crippen LogP contribution is -2.43. The van der Waals surface area contributed by atoms with Crippen LogP contribution in [0.5, 0.6) is 0 Å². The molecule has 0 fully saturated rings. The second-order valence-electron chi connectivity index (χ2n) is 5.72. The van der Waals surface area contributed by atoms with Gasteiger partial charge in [0.1, 0.15) is 6.54 Å². The Morgan fingerprint density at radius 3 is 2.43 bits per heavy atom. The van der Waals surface area contributed by atoms with Crippen LogP contribution in [0.1, 0.15) is 35.3 Å². The number of hydrogen-bond donors (Lipinski definition) is 0. The summed E-state index contributed by atoms with van der Waals surface area (Å²) in [5, 5.41) is 0. The lowest BCUT2D eigenvalue weighted by Gasteiger charge is -2.25. The van der Waals surface area contributed by atoms with E-state index in [0.29, 0.717) is 11.3 Å². The largest absolute Gasteiger partial charge is 0.342 e. The van der Waals surface area contributed by atoms with Crippen LogP contribution in [0.25, 0.3) is 0 Å². The molecule has 2 amide bonds. The highest BCUT2D eigenvalue weighted by Gasteiger charge is 2.38. The van der Waals surface area contributed by atoms with Crippen molar-refractivity contribution in [1.82, 2.24) is 4.90 Å². The monoisotopic (exact) mass is 288 g/mol. The van der Waals surface area contributed by atoms with E-state index in [-0.39, 0.29) is 18.5 Å². The molecule has 0 N–H and O–H groups in total. The molecule has 5 nitrogen and oxygen atoms in total. The number of carbonyl (C=O) groups excluding carboxylic acids is 3. The first-order valence-corrected chi connectivity index (χ1v) is 6.97. The van der Waals surface area contributed by atoms with Crippen LogP contribution < -0.4 is 4.90 Å². The Bertz CT molecular complexity index is 635. The van der Waals surface area contributed by atoms with Gasteiger partial charge in [0.05, 0.1) is 11.3 Å². The van der Waals surface area contributed by atoms with Gasteiger partial charge in [-0.2, -0.15) is 0 Å². The minimum absolute atomic E-state index is 0.0454. The van der Waals surface area contributed by atoms with Crippen molar-refractivity contribution in [1.29, 1.82) is 0 Å². The SMILES string of the molecule is Cc1ccc2c(c1C)N(CC(=O)N(C)C(C)C)C(=O)C2=O. The van der Waals surface area contributed by atoms with Gasteiger partial charge in [-0.3, -0.25) is 19.3 Å². The molecule has 1 heterocycles. The van der Waals surface area contributed by atoms with E-state index in [9.17, 15) is 14.4 Å². The lowest BCUT2D eigenvalue weighted by molar-refractivity contribution is -0.131. The summed E-state index contributed by atoms with van der Waals surface area (Å²) in [6.45, 7) is 7.49. The minimum Gasteiger partial charge on any atom is -0.342 e. The number of ketones is 1. The molecule has 0 atom stereocenters. The Balaban J connectivity index is 2.39. The Morgan fingerprint density at radius 2 is 1.86 bits per heavy atom. The van der Waals surface area contributed by atoms with Crippen LogP contribution in [0.15, 0.2) is 12.1 Å². The highest BCUT2D eigenvalue weighted by atomic mass is 16.2. The van der Waals surface area contributed by atoms with Crippen molar-refractivity contribution >= 4 is 23.3 Å². The average Bonchev–Trinajstić information content (AvgIpc) is 2.67. The van der Waals surface area contributed by atoms with Gasteiger partial charge in [0.15, 0.2) is 0 Å². The van der Waals surface area contributed by atoms with Crippen molar-refractivity contribution in [2.24, 2.45) is 0 Å². The molecule has 1 aliphatic heterocycles. The summed E-state index contributed by atoms with van der Waals surface area (Å²) < 4.78 is 0. The molecule has 0 unspecified atom stereocenters. The van der Waals surface area contributed by atoms with E-state index in [1.165, 1.54) is 4.90 Å². The van der Waals surface area contributed by atoms with Gasteiger partial charge < -0.3 is 4.90 Å². The smallest absolute Gasteiger partial charge is 0.299 e. The van der Waals surface area contributed by atoms with E-state index in [2.05, 4.69) is 0 Å². The van der Waals surface area contributed by atoms with Gasteiger partial charge in [-0.25, -0.2) is 0 Å². The van der Waals surface area contributed by atoms with Crippen LogP contribution >= 0.6 is 0 Å². The number of anilines is 1. The molecule has 2 rings (SSSR count). The highest BCUT2D eigenvalue weighted by molar-refractivity contribution is 6.52. The zero-order valence-corrected chi connectivity index (χ0v) is 13.1. The summed E-state index contributed by atoms with van der Waals surface area (Å²) in [6, 6.07) is 3.53. The molecule has 112 valence electrons. The zero-order valence-electron chi connectivity index (χ0n) is 13.1. The topological polar surface area (TPSA) is 57.7 Å². The maximum Gasteiger partial charge on any atom is 0.299 e. The summed E-state index contributed by atoms with van der Waals surface area (Å²) in [4.78, 5) is 39.3. The molecular formula is C16H20N2O3. The molecule has 0 saturated heterocycles. The standard InChI is InChI=1S/C16H20N2O3/c1-9(2)17(5)13(19)8-18-14-11(4)10(3)6-7-12(14)15(20)16(18)21/h6-7,9H,8H2,1-5H3. The van der Waals surface area contributed by atoms with Gasteiger partial charge in [-0.05, 0) is 44.9 Å². The maximum absolute atomic E-state index is 12.2. The Morgan fingerprint density at radius 1 is 1.24 bits per heavy atom. The quantitative estimate of drug-likeness (QED) is 0.795. The van der Waals surface area contributed by atoms with Gasteiger partial charge >= 0.3 is 0 Å². The van der Waals surface area contributed by atoms with Crippen molar-refractivity contribution in [3.05, 3.63) is 28.8 Å². The Labute approximate surface area is 124 Å². The number of Topliss-reactive ketones (excluding diaryl/α,β-unsaturated/α-hetero) is 1. The first-order valence-electron chi connectivity index (χ1n) is 6.97. The van der Waals surface area contributed by atoms with Crippen LogP contribution in [0.4, 0.5) is 5.69 Å². The number of hydrogen-bond acceptors (Lipinski definition) is 3. The Kier molecular flexibility index (Phi) is 3.85. The van der Waals surface area contributed by atoms with E-state index in [4.69, 9.17) is 0 Å². The number of amides is 2. The predicted molar refractivity (Wildman–Crippen MR) is 80.5 cm³/mol. The number of aryl methyl sites for hydroxylation is 1. The molecule has 0 aliphatic carbocycles. The van der Waals surface area contributed by atoms with Gasteiger partial charge in [-0.1, -0.05) is 6.07 Å². The van der Waals surface area contributed by atoms with Crippen LogP contribution in [0.2, 0.25) is 0 Å². The predicted octanol–water partition coefficient (Wildman–Crippen LogP) is 1.70. The minimum atomic E-state index is -0.621. The van der Waals surface area contributed by atoms with Crippen LogP contribution in [-0.4, -0.2) is 42.1 Å². The highest BCUT2D eigenvalue weighted by Crippen LogP contribution is 2.33. The van der Waals surface area contributed by atoms with E-state index >= 15 is 0 Å². The second-order valence-corrected chi connectivity index (χ2v) is 5.72. The summed E-state index contributed by atoms with van der Waals surface area (Å²) in [5.74, 6) is -1.34. The number of benzene rings is 1. The maximum atomic E-state index is 12.2.